The van der Waals surface area contributed by atoms with Crippen molar-refractivity contribution in [3.05, 3.63) is 57.4 Å². The molecule has 0 fully saturated rings. The van der Waals surface area contributed by atoms with Crippen molar-refractivity contribution in [2.45, 2.75) is 19.8 Å². The summed E-state index contributed by atoms with van der Waals surface area (Å²) in [5.41, 5.74) is 7.55. The highest BCUT2D eigenvalue weighted by Crippen LogP contribution is 2.41. The van der Waals surface area contributed by atoms with Crippen LogP contribution in [0.3, 0.4) is 0 Å². The van der Waals surface area contributed by atoms with Gasteiger partial charge in [-0.2, -0.15) is 0 Å². The Bertz CT molecular complexity index is 788. The molecule has 3 N–H and O–H groups in total. The van der Waals surface area contributed by atoms with E-state index in [0.29, 0.717) is 22.0 Å². The van der Waals surface area contributed by atoms with Crippen molar-refractivity contribution in [3.8, 4) is 0 Å². The second-order valence-electron chi connectivity index (χ2n) is 5.74. The minimum absolute atomic E-state index is 0.0231. The fourth-order valence-electron chi connectivity index (χ4n) is 3.02. The zero-order chi connectivity index (χ0) is 20.0. The van der Waals surface area contributed by atoms with Crippen LogP contribution >= 0.6 is 11.6 Å². The zero-order valence-electron chi connectivity index (χ0n) is 15.5. The standard InChI is InChI=1S/C19H23ClN2O5/c1-4-27-19(24)17-14(9-26-10-21)22-11(2)15(18(23)25-3)16(17)12-7-5-6-8-13(12)20/h5-8,16,22H,4,9-10,21H2,1-3H3/t16-/m1/s1. The number of methoxy groups -OCH3 is 1. The third kappa shape index (κ3) is 4.50. The highest BCUT2D eigenvalue weighted by atomic mass is 35.5. The molecule has 1 atom stereocenters. The van der Waals surface area contributed by atoms with Crippen LogP contribution in [-0.2, 0) is 23.8 Å². The molecule has 1 aromatic carbocycles. The lowest BCUT2D eigenvalue weighted by molar-refractivity contribution is -0.139. The number of carbonyl (C=O) groups excluding carboxylic acids is 2. The van der Waals surface area contributed by atoms with Crippen LogP contribution in [0, 0.1) is 0 Å². The van der Waals surface area contributed by atoms with Crippen LogP contribution in [0.1, 0.15) is 25.3 Å². The first-order valence-corrected chi connectivity index (χ1v) is 8.82. The fraction of sp³-hybridized carbons (Fsp3) is 0.368. The lowest BCUT2D eigenvalue weighted by Gasteiger charge is -2.31. The highest BCUT2D eigenvalue weighted by molar-refractivity contribution is 6.31. The Kier molecular flexibility index (Phi) is 7.41. The normalized spacial score (nSPS) is 16.9. The van der Waals surface area contributed by atoms with Crippen molar-refractivity contribution in [2.24, 2.45) is 5.73 Å². The van der Waals surface area contributed by atoms with Gasteiger partial charge in [0, 0.05) is 10.7 Å². The van der Waals surface area contributed by atoms with Gasteiger partial charge in [0.2, 0.25) is 0 Å². The first-order chi connectivity index (χ1) is 13.0. The van der Waals surface area contributed by atoms with Crippen molar-refractivity contribution in [2.75, 3.05) is 27.1 Å². The van der Waals surface area contributed by atoms with Gasteiger partial charge in [-0.15, -0.1) is 0 Å². The van der Waals surface area contributed by atoms with E-state index in [1.165, 1.54) is 7.11 Å². The SMILES string of the molecule is CCOC(=O)C1=C(COCN)NC(C)=C(C(=O)OC)[C@H]1c1ccccc1Cl. The second-order valence-corrected chi connectivity index (χ2v) is 6.14. The summed E-state index contributed by atoms with van der Waals surface area (Å²) in [4.78, 5) is 25.3. The fourth-order valence-corrected chi connectivity index (χ4v) is 3.27. The molecule has 0 unspecified atom stereocenters. The molecule has 0 amide bonds. The van der Waals surface area contributed by atoms with Gasteiger partial charge in [0.25, 0.3) is 0 Å². The van der Waals surface area contributed by atoms with E-state index < -0.39 is 17.9 Å². The highest BCUT2D eigenvalue weighted by Gasteiger charge is 2.39. The number of nitrogens with two attached hydrogens (primary N) is 1. The van der Waals surface area contributed by atoms with Gasteiger partial charge in [-0.3, -0.25) is 0 Å². The molecule has 1 aliphatic rings. The van der Waals surface area contributed by atoms with E-state index >= 15 is 0 Å². The monoisotopic (exact) mass is 394 g/mol. The number of hydrogen-bond donors (Lipinski definition) is 2. The van der Waals surface area contributed by atoms with Gasteiger partial charge >= 0.3 is 11.9 Å². The van der Waals surface area contributed by atoms with Crippen molar-refractivity contribution in [1.82, 2.24) is 5.32 Å². The summed E-state index contributed by atoms with van der Waals surface area (Å²) in [7, 11) is 1.28. The van der Waals surface area contributed by atoms with Gasteiger partial charge < -0.3 is 25.3 Å². The van der Waals surface area contributed by atoms with Crippen LogP contribution in [0.4, 0.5) is 0 Å². The molecule has 2 rings (SSSR count). The average molecular weight is 395 g/mol. The second kappa shape index (κ2) is 9.55. The summed E-state index contributed by atoms with van der Waals surface area (Å²) < 4.78 is 15.5. The summed E-state index contributed by atoms with van der Waals surface area (Å²) in [6.45, 7) is 3.64. The molecule has 0 radical (unpaired) electrons. The molecule has 1 aliphatic heterocycles. The summed E-state index contributed by atoms with van der Waals surface area (Å²) in [6.07, 6.45) is 0. The number of halogens is 1. The number of esters is 2. The van der Waals surface area contributed by atoms with Crippen molar-refractivity contribution >= 4 is 23.5 Å². The molecular formula is C19H23ClN2O5. The average Bonchev–Trinajstić information content (AvgIpc) is 2.65. The number of ether oxygens (including phenoxy) is 3. The Morgan fingerprint density at radius 2 is 1.93 bits per heavy atom. The van der Waals surface area contributed by atoms with E-state index in [2.05, 4.69) is 5.32 Å². The van der Waals surface area contributed by atoms with Crippen LogP contribution < -0.4 is 11.1 Å². The van der Waals surface area contributed by atoms with E-state index in [1.807, 2.05) is 0 Å². The maximum Gasteiger partial charge on any atom is 0.336 e. The maximum atomic E-state index is 12.8. The van der Waals surface area contributed by atoms with E-state index in [0.717, 1.165) is 0 Å². The molecule has 7 nitrogen and oxygen atoms in total. The number of carbonyl (C=O) groups is 2. The topological polar surface area (TPSA) is 99.9 Å². The largest absolute Gasteiger partial charge is 0.466 e. The van der Waals surface area contributed by atoms with E-state index in [4.69, 9.17) is 31.5 Å². The van der Waals surface area contributed by atoms with Crippen molar-refractivity contribution in [1.29, 1.82) is 0 Å². The van der Waals surface area contributed by atoms with Gasteiger partial charge in [-0.05, 0) is 25.5 Å². The van der Waals surface area contributed by atoms with E-state index in [9.17, 15) is 9.59 Å². The Labute approximate surface area is 163 Å². The van der Waals surface area contributed by atoms with Gasteiger partial charge in [0.1, 0.15) is 0 Å². The predicted octanol–water partition coefficient (Wildman–Crippen LogP) is 2.22. The van der Waals surface area contributed by atoms with Crippen LogP contribution in [0.5, 0.6) is 0 Å². The summed E-state index contributed by atoms with van der Waals surface area (Å²) in [5.74, 6) is -1.90. The minimum Gasteiger partial charge on any atom is -0.466 e. The first kappa shape index (κ1) is 21.0. The number of benzene rings is 1. The zero-order valence-corrected chi connectivity index (χ0v) is 16.3. The molecule has 0 saturated heterocycles. The molecule has 1 heterocycles. The maximum absolute atomic E-state index is 12.8. The number of dihydropyridines is 1. The van der Waals surface area contributed by atoms with Crippen LogP contribution in [0.2, 0.25) is 5.02 Å². The number of hydrogen-bond acceptors (Lipinski definition) is 7. The van der Waals surface area contributed by atoms with Crippen molar-refractivity contribution < 1.29 is 23.8 Å². The van der Waals surface area contributed by atoms with Gasteiger partial charge in [-0.25, -0.2) is 9.59 Å². The van der Waals surface area contributed by atoms with Gasteiger partial charge in [0.15, 0.2) is 0 Å². The molecular weight excluding hydrogens is 372 g/mol. The minimum atomic E-state index is -0.761. The molecule has 0 saturated carbocycles. The molecule has 1 aromatic rings. The molecule has 8 heteroatoms. The van der Waals surface area contributed by atoms with Crippen LogP contribution in [0.25, 0.3) is 0 Å². The molecule has 0 bridgehead atoms. The van der Waals surface area contributed by atoms with Crippen molar-refractivity contribution in [3.63, 3.8) is 0 Å². The Morgan fingerprint density at radius 1 is 1.22 bits per heavy atom. The molecule has 0 spiro atoms. The lowest BCUT2D eigenvalue weighted by Crippen LogP contribution is -2.35. The number of nitrogens with one attached hydrogen (secondary N) is 1. The Hall–Kier alpha value is -2.35. The quantitative estimate of drug-likeness (QED) is 0.540. The lowest BCUT2D eigenvalue weighted by atomic mass is 9.80. The molecule has 0 aliphatic carbocycles. The summed E-state index contributed by atoms with van der Waals surface area (Å²) in [6, 6.07) is 7.01. The smallest absolute Gasteiger partial charge is 0.336 e. The Morgan fingerprint density at radius 3 is 2.52 bits per heavy atom. The van der Waals surface area contributed by atoms with Gasteiger partial charge in [-0.1, -0.05) is 29.8 Å². The van der Waals surface area contributed by atoms with Crippen LogP contribution in [0.15, 0.2) is 46.8 Å². The van der Waals surface area contributed by atoms with E-state index in [1.54, 1.807) is 38.1 Å². The van der Waals surface area contributed by atoms with E-state index in [-0.39, 0.29) is 31.1 Å². The summed E-state index contributed by atoms with van der Waals surface area (Å²) >= 11 is 6.40. The van der Waals surface area contributed by atoms with Crippen LogP contribution in [-0.4, -0.2) is 39.0 Å². The molecule has 146 valence electrons. The number of allylic oxidation sites excluding steroid dienone is 1. The summed E-state index contributed by atoms with van der Waals surface area (Å²) in [5, 5.41) is 3.48. The first-order valence-electron chi connectivity index (χ1n) is 8.44. The van der Waals surface area contributed by atoms with Gasteiger partial charge in [0.05, 0.1) is 49.8 Å². The Balaban J connectivity index is 2.72. The molecule has 0 aromatic heterocycles. The third-order valence-corrected chi connectivity index (χ3v) is 4.47. The molecule has 27 heavy (non-hydrogen) atoms. The predicted molar refractivity (Wildman–Crippen MR) is 101 cm³/mol. The third-order valence-electron chi connectivity index (χ3n) is 4.13. The number of rotatable bonds is 7.